The van der Waals surface area contributed by atoms with E-state index in [9.17, 15) is 4.79 Å². The number of ether oxygens (including phenoxy) is 3. The summed E-state index contributed by atoms with van der Waals surface area (Å²) in [5.74, 6) is 1.02. The third-order valence-corrected chi connectivity index (χ3v) is 4.22. The molecule has 1 N–H and O–H groups in total. The topological polar surface area (TPSA) is 49.2 Å². The number of fused-ring (bicyclic) bond motifs is 1. The number of hydrogen-bond acceptors (Lipinski definition) is 4. The highest BCUT2D eigenvalue weighted by molar-refractivity contribution is 5.90. The molecule has 5 heteroatoms. The Morgan fingerprint density at radius 2 is 1.91 bits per heavy atom. The van der Waals surface area contributed by atoms with E-state index in [1.807, 2.05) is 6.92 Å². The molecule has 0 bridgehead atoms. The maximum absolute atomic E-state index is 12.3. The van der Waals surface area contributed by atoms with Gasteiger partial charge in [-0.1, -0.05) is 0 Å². The summed E-state index contributed by atoms with van der Waals surface area (Å²) in [6.07, 6.45) is 3.80. The molecule has 2 aliphatic rings. The Morgan fingerprint density at radius 1 is 1.18 bits per heavy atom. The van der Waals surface area contributed by atoms with E-state index >= 15 is 0 Å². The Hall–Kier alpha value is -1.75. The van der Waals surface area contributed by atoms with Gasteiger partial charge in [0.15, 0.2) is 11.5 Å². The van der Waals surface area contributed by atoms with Gasteiger partial charge in [-0.2, -0.15) is 0 Å². The van der Waals surface area contributed by atoms with E-state index in [4.69, 9.17) is 14.2 Å². The van der Waals surface area contributed by atoms with Crippen LogP contribution in [0.3, 0.4) is 0 Å². The van der Waals surface area contributed by atoms with Crippen LogP contribution in [-0.2, 0) is 4.74 Å². The van der Waals surface area contributed by atoms with Gasteiger partial charge in [0.2, 0.25) is 0 Å². The van der Waals surface area contributed by atoms with Crippen LogP contribution in [0.25, 0.3) is 0 Å². The summed E-state index contributed by atoms with van der Waals surface area (Å²) in [4.78, 5) is 13.8. The van der Waals surface area contributed by atoms with Crippen LogP contribution in [0.2, 0.25) is 0 Å². The first kappa shape index (κ1) is 15.2. The first-order valence-electron chi connectivity index (χ1n) is 8.16. The quantitative estimate of drug-likeness (QED) is 0.846. The van der Waals surface area contributed by atoms with Gasteiger partial charge in [-0.05, 0) is 44.4 Å². The lowest BCUT2D eigenvalue weighted by atomic mass is 10.1. The van der Waals surface area contributed by atoms with Crippen LogP contribution in [0.4, 0.5) is 0 Å². The van der Waals surface area contributed by atoms with Gasteiger partial charge in [-0.3, -0.25) is 0 Å². The predicted octanol–water partition coefficient (Wildman–Crippen LogP) is 1.07. The summed E-state index contributed by atoms with van der Waals surface area (Å²) in [6.45, 7) is 6.29. The molecule has 0 unspecified atom stereocenters. The molecular formula is C17H24NO4+. The van der Waals surface area contributed by atoms with Gasteiger partial charge in [0, 0.05) is 0 Å². The number of quaternary nitrogens is 1. The van der Waals surface area contributed by atoms with Crippen molar-refractivity contribution in [3.05, 3.63) is 23.8 Å². The summed E-state index contributed by atoms with van der Waals surface area (Å²) >= 11 is 0. The van der Waals surface area contributed by atoms with Crippen molar-refractivity contribution in [2.24, 2.45) is 0 Å². The molecule has 0 aliphatic carbocycles. The fourth-order valence-corrected chi connectivity index (χ4v) is 3.13. The molecule has 0 aromatic heterocycles. The fourth-order valence-electron chi connectivity index (χ4n) is 3.13. The Morgan fingerprint density at radius 3 is 2.68 bits per heavy atom. The van der Waals surface area contributed by atoms with E-state index in [0.717, 1.165) is 6.54 Å². The predicted molar refractivity (Wildman–Crippen MR) is 81.7 cm³/mol. The van der Waals surface area contributed by atoms with E-state index in [1.54, 1.807) is 18.2 Å². The molecular weight excluding hydrogens is 282 g/mol. The van der Waals surface area contributed by atoms with Crippen molar-refractivity contribution in [2.45, 2.75) is 32.3 Å². The largest absolute Gasteiger partial charge is 0.486 e. The van der Waals surface area contributed by atoms with Crippen LogP contribution in [0.5, 0.6) is 11.5 Å². The SMILES string of the molecule is C[C@H](C[NH+]1CCCCC1)OC(=O)c1ccc2c(c1)OCCO2. The van der Waals surface area contributed by atoms with Crippen molar-refractivity contribution in [1.29, 1.82) is 0 Å². The van der Waals surface area contributed by atoms with Crippen molar-refractivity contribution in [1.82, 2.24) is 0 Å². The second-order valence-electron chi connectivity index (χ2n) is 6.09. The van der Waals surface area contributed by atoms with Gasteiger partial charge < -0.3 is 19.1 Å². The molecule has 3 rings (SSSR count). The zero-order valence-corrected chi connectivity index (χ0v) is 13.1. The molecule has 2 heterocycles. The first-order valence-corrected chi connectivity index (χ1v) is 8.16. The highest BCUT2D eigenvalue weighted by Gasteiger charge is 2.21. The minimum atomic E-state index is -0.291. The Labute approximate surface area is 131 Å². The monoisotopic (exact) mass is 306 g/mol. The number of esters is 1. The second-order valence-corrected chi connectivity index (χ2v) is 6.09. The lowest BCUT2D eigenvalue weighted by molar-refractivity contribution is -0.907. The highest BCUT2D eigenvalue weighted by atomic mass is 16.6. The van der Waals surface area contributed by atoms with Crippen LogP contribution in [0, 0.1) is 0 Å². The molecule has 2 aliphatic heterocycles. The smallest absolute Gasteiger partial charge is 0.338 e. The third kappa shape index (κ3) is 3.71. The molecule has 0 amide bonds. The lowest BCUT2D eigenvalue weighted by Crippen LogP contribution is -3.13. The average molecular weight is 306 g/mol. The zero-order valence-electron chi connectivity index (χ0n) is 13.1. The number of benzene rings is 1. The van der Waals surface area contributed by atoms with E-state index in [-0.39, 0.29) is 12.1 Å². The summed E-state index contributed by atoms with van der Waals surface area (Å²) in [6, 6.07) is 5.21. The molecule has 0 radical (unpaired) electrons. The van der Waals surface area contributed by atoms with E-state index in [0.29, 0.717) is 30.3 Å². The molecule has 1 aromatic rings. The first-order chi connectivity index (χ1) is 10.7. The number of hydrogen-bond donors (Lipinski definition) is 1. The molecule has 1 saturated heterocycles. The van der Waals surface area contributed by atoms with Gasteiger partial charge in [0.05, 0.1) is 18.7 Å². The molecule has 0 saturated carbocycles. The summed E-state index contributed by atoms with van der Waals surface area (Å²) in [5.41, 5.74) is 0.518. The Balaban J connectivity index is 1.56. The lowest BCUT2D eigenvalue weighted by Gasteiger charge is -2.26. The standard InChI is InChI=1S/C17H23NO4/c1-13(12-18-7-3-2-4-8-18)22-17(19)14-5-6-15-16(11-14)21-10-9-20-15/h5-6,11,13H,2-4,7-10,12H2,1H3/p+1/t13-/m1/s1. The molecule has 5 nitrogen and oxygen atoms in total. The summed E-state index contributed by atoms with van der Waals surface area (Å²) in [5, 5.41) is 0. The number of nitrogens with one attached hydrogen (secondary N) is 1. The maximum atomic E-state index is 12.3. The maximum Gasteiger partial charge on any atom is 0.338 e. The molecule has 120 valence electrons. The van der Waals surface area contributed by atoms with Crippen molar-refractivity contribution in [2.75, 3.05) is 32.8 Å². The van der Waals surface area contributed by atoms with E-state index < -0.39 is 0 Å². The number of piperidine rings is 1. The van der Waals surface area contributed by atoms with Gasteiger partial charge in [0.25, 0.3) is 0 Å². The zero-order chi connectivity index (χ0) is 15.4. The van der Waals surface area contributed by atoms with Crippen LogP contribution >= 0.6 is 0 Å². The van der Waals surface area contributed by atoms with E-state index in [2.05, 4.69) is 0 Å². The van der Waals surface area contributed by atoms with Crippen molar-refractivity contribution < 1.29 is 23.9 Å². The number of carbonyl (C=O) groups is 1. The van der Waals surface area contributed by atoms with Crippen molar-refractivity contribution >= 4 is 5.97 Å². The summed E-state index contributed by atoms with van der Waals surface area (Å²) < 4.78 is 16.5. The average Bonchev–Trinajstić information content (AvgIpc) is 2.55. The second kappa shape index (κ2) is 7.01. The minimum Gasteiger partial charge on any atom is -0.486 e. The van der Waals surface area contributed by atoms with Crippen LogP contribution in [-0.4, -0.2) is 44.9 Å². The van der Waals surface area contributed by atoms with Crippen molar-refractivity contribution in [3.63, 3.8) is 0 Å². The third-order valence-electron chi connectivity index (χ3n) is 4.22. The van der Waals surface area contributed by atoms with Gasteiger partial charge >= 0.3 is 5.97 Å². The normalized spacial score (nSPS) is 19.5. The summed E-state index contributed by atoms with van der Waals surface area (Å²) in [7, 11) is 0. The van der Waals surface area contributed by atoms with Crippen LogP contribution in [0.15, 0.2) is 18.2 Å². The molecule has 1 aromatic carbocycles. The number of carbonyl (C=O) groups excluding carboxylic acids is 1. The van der Waals surface area contributed by atoms with Gasteiger partial charge in [-0.15, -0.1) is 0 Å². The van der Waals surface area contributed by atoms with E-state index in [1.165, 1.54) is 37.3 Å². The number of likely N-dealkylation sites (tertiary alicyclic amines) is 1. The van der Waals surface area contributed by atoms with Gasteiger partial charge in [-0.25, -0.2) is 4.79 Å². The Bertz CT molecular complexity index is 525. The minimum absolute atomic E-state index is 0.0752. The fraction of sp³-hybridized carbons (Fsp3) is 0.588. The molecule has 1 atom stereocenters. The number of rotatable bonds is 4. The highest BCUT2D eigenvalue weighted by Crippen LogP contribution is 2.30. The molecule has 0 spiro atoms. The Kier molecular flexibility index (Phi) is 4.83. The van der Waals surface area contributed by atoms with Crippen LogP contribution in [0.1, 0.15) is 36.5 Å². The molecule has 1 fully saturated rings. The van der Waals surface area contributed by atoms with Gasteiger partial charge in [0.1, 0.15) is 25.9 Å². The van der Waals surface area contributed by atoms with Crippen LogP contribution < -0.4 is 14.4 Å². The molecule has 22 heavy (non-hydrogen) atoms. The van der Waals surface area contributed by atoms with Crippen molar-refractivity contribution in [3.8, 4) is 11.5 Å².